The molecule has 1 N–H and O–H groups in total. The summed E-state index contributed by atoms with van der Waals surface area (Å²) in [6.07, 6.45) is 0.522. The summed E-state index contributed by atoms with van der Waals surface area (Å²) in [7, 11) is 6.13. The van der Waals surface area contributed by atoms with Gasteiger partial charge in [-0.2, -0.15) is 0 Å². The van der Waals surface area contributed by atoms with Crippen molar-refractivity contribution in [2.45, 2.75) is 19.4 Å². The van der Waals surface area contributed by atoms with Crippen LogP contribution in [0.4, 0.5) is 0 Å². The van der Waals surface area contributed by atoms with Crippen LogP contribution in [0.3, 0.4) is 0 Å². The summed E-state index contributed by atoms with van der Waals surface area (Å²) in [5.41, 5.74) is 1.68. The Hall–Kier alpha value is -3.52. The summed E-state index contributed by atoms with van der Waals surface area (Å²) >= 11 is 0. The van der Waals surface area contributed by atoms with E-state index in [1.165, 1.54) is 19.1 Å². The zero-order chi connectivity index (χ0) is 24.1. The molecule has 3 rings (SSSR count). The third-order valence-electron chi connectivity index (χ3n) is 5.70. The molecule has 1 saturated heterocycles. The minimum absolute atomic E-state index is 0.00256. The highest BCUT2D eigenvalue weighted by molar-refractivity contribution is 6.46. The monoisotopic (exact) mass is 455 g/mol. The van der Waals surface area contributed by atoms with Crippen LogP contribution in [0.25, 0.3) is 5.76 Å². The minimum Gasteiger partial charge on any atom is -0.507 e. The highest BCUT2D eigenvalue weighted by atomic mass is 16.5. The van der Waals surface area contributed by atoms with Crippen LogP contribution >= 0.6 is 0 Å². The van der Waals surface area contributed by atoms with E-state index in [0.717, 1.165) is 0 Å². The predicted octanol–water partition coefficient (Wildman–Crippen LogP) is 3.48. The summed E-state index contributed by atoms with van der Waals surface area (Å²) in [6.45, 7) is 2.48. The lowest BCUT2D eigenvalue weighted by atomic mass is 9.93. The van der Waals surface area contributed by atoms with Gasteiger partial charge in [-0.3, -0.25) is 9.59 Å². The van der Waals surface area contributed by atoms with Gasteiger partial charge in [0.05, 0.1) is 32.9 Å². The normalized spacial score (nSPS) is 17.4. The van der Waals surface area contributed by atoms with Crippen molar-refractivity contribution in [3.05, 3.63) is 58.7 Å². The average Bonchev–Trinajstić information content (AvgIpc) is 3.07. The molecule has 1 atom stereocenters. The number of para-hydroxylation sites is 1. The Labute approximate surface area is 193 Å². The van der Waals surface area contributed by atoms with E-state index in [1.807, 2.05) is 0 Å². The number of ether oxygens (including phenoxy) is 4. The lowest BCUT2D eigenvalue weighted by Gasteiger charge is -2.27. The Balaban J connectivity index is 2.24. The van der Waals surface area contributed by atoms with Gasteiger partial charge in [-0.1, -0.05) is 12.1 Å². The van der Waals surface area contributed by atoms with Crippen molar-refractivity contribution in [2.75, 3.05) is 41.6 Å². The molecule has 0 unspecified atom stereocenters. The van der Waals surface area contributed by atoms with Crippen molar-refractivity contribution in [1.29, 1.82) is 0 Å². The van der Waals surface area contributed by atoms with E-state index in [-0.39, 0.29) is 17.9 Å². The van der Waals surface area contributed by atoms with Crippen molar-refractivity contribution >= 4 is 17.4 Å². The fourth-order valence-corrected chi connectivity index (χ4v) is 4.11. The van der Waals surface area contributed by atoms with E-state index in [9.17, 15) is 14.7 Å². The Kier molecular flexibility index (Phi) is 7.60. The first-order valence-corrected chi connectivity index (χ1v) is 10.5. The van der Waals surface area contributed by atoms with Crippen LogP contribution in [0.2, 0.25) is 0 Å². The molecule has 1 fully saturated rings. The second-order valence-electron chi connectivity index (χ2n) is 7.60. The number of rotatable bonds is 9. The molecule has 8 heteroatoms. The molecule has 176 valence electrons. The molecule has 0 spiro atoms. The van der Waals surface area contributed by atoms with Gasteiger partial charge in [-0.05, 0) is 43.2 Å². The number of benzene rings is 2. The van der Waals surface area contributed by atoms with Crippen molar-refractivity contribution in [3.63, 3.8) is 0 Å². The van der Waals surface area contributed by atoms with Crippen LogP contribution in [0.5, 0.6) is 17.2 Å². The molecule has 1 aliphatic rings. The molecule has 0 saturated carbocycles. The second kappa shape index (κ2) is 10.4. The van der Waals surface area contributed by atoms with E-state index >= 15 is 0 Å². The molecule has 0 bridgehead atoms. The number of amides is 1. The number of methoxy groups -OCH3 is 4. The van der Waals surface area contributed by atoms with Crippen molar-refractivity contribution < 1.29 is 33.6 Å². The Bertz CT molecular complexity index is 1080. The first kappa shape index (κ1) is 24.1. The number of ketones is 1. The number of aliphatic hydroxyl groups excluding tert-OH is 1. The number of nitrogens with zero attached hydrogens (tertiary/aromatic N) is 1. The summed E-state index contributed by atoms with van der Waals surface area (Å²) in [6, 6.07) is 9.51. The fraction of sp³-hybridized carbons (Fsp3) is 0.360. The first-order chi connectivity index (χ1) is 15.9. The van der Waals surface area contributed by atoms with Crippen molar-refractivity contribution in [2.24, 2.45) is 0 Å². The molecule has 0 aromatic heterocycles. The SMILES string of the molecule is COCCCN1C(=O)C(=O)/C(=C(/O)c2ccc(OC)cc2C)[C@@H]1c1cccc(OC)c1OC. The van der Waals surface area contributed by atoms with Gasteiger partial charge in [-0.15, -0.1) is 0 Å². The minimum atomic E-state index is -0.853. The second-order valence-corrected chi connectivity index (χ2v) is 7.60. The average molecular weight is 456 g/mol. The number of carbonyl (C=O) groups is 2. The van der Waals surface area contributed by atoms with Crippen molar-refractivity contribution in [1.82, 2.24) is 4.90 Å². The first-order valence-electron chi connectivity index (χ1n) is 10.5. The van der Waals surface area contributed by atoms with Crippen LogP contribution in [0, 0.1) is 6.92 Å². The van der Waals surface area contributed by atoms with Gasteiger partial charge in [0.15, 0.2) is 11.5 Å². The third kappa shape index (κ3) is 4.52. The number of hydrogen-bond acceptors (Lipinski definition) is 7. The highest BCUT2D eigenvalue weighted by Crippen LogP contribution is 2.45. The smallest absolute Gasteiger partial charge is 0.295 e. The third-order valence-corrected chi connectivity index (χ3v) is 5.70. The molecular weight excluding hydrogens is 426 g/mol. The van der Waals surface area contributed by atoms with Crippen LogP contribution in [-0.4, -0.2) is 63.3 Å². The molecule has 0 aliphatic carbocycles. The fourth-order valence-electron chi connectivity index (χ4n) is 4.11. The number of Topliss-reactive ketones (excluding diaryl/α,β-unsaturated/α-hetero) is 1. The van der Waals surface area contributed by atoms with E-state index in [2.05, 4.69) is 0 Å². The maximum atomic E-state index is 13.2. The van der Waals surface area contributed by atoms with Crippen LogP contribution < -0.4 is 14.2 Å². The number of carbonyl (C=O) groups excluding carboxylic acids is 2. The summed E-state index contributed by atoms with van der Waals surface area (Å²) in [5, 5.41) is 11.3. The Morgan fingerprint density at radius 3 is 2.39 bits per heavy atom. The molecule has 0 radical (unpaired) electrons. The maximum absolute atomic E-state index is 13.2. The van der Waals surface area contributed by atoms with Gasteiger partial charge in [0.2, 0.25) is 0 Å². The lowest BCUT2D eigenvalue weighted by Crippen LogP contribution is -2.31. The molecule has 8 nitrogen and oxygen atoms in total. The quantitative estimate of drug-likeness (QED) is 0.268. The van der Waals surface area contributed by atoms with Gasteiger partial charge in [0.1, 0.15) is 11.5 Å². The Morgan fingerprint density at radius 2 is 1.79 bits per heavy atom. The topological polar surface area (TPSA) is 94.5 Å². The van der Waals surface area contributed by atoms with Crippen LogP contribution in [0.1, 0.15) is 29.2 Å². The van der Waals surface area contributed by atoms with E-state index in [4.69, 9.17) is 18.9 Å². The number of hydrogen-bond donors (Lipinski definition) is 1. The Morgan fingerprint density at radius 1 is 1.03 bits per heavy atom. The number of aliphatic hydroxyl groups is 1. The van der Waals surface area contributed by atoms with E-state index in [1.54, 1.807) is 57.5 Å². The molecule has 1 heterocycles. The van der Waals surface area contributed by atoms with Crippen LogP contribution in [0.15, 0.2) is 42.0 Å². The molecular formula is C25H29NO7. The highest BCUT2D eigenvalue weighted by Gasteiger charge is 2.47. The standard InChI is InChI=1S/C25H29NO7/c1-15-14-16(31-3)10-11-17(15)22(27)20-21(18-8-6-9-19(32-4)24(18)33-5)26(12-7-13-30-2)25(29)23(20)28/h6,8-11,14,21,27H,7,12-13H2,1-5H3/b22-20+/t21-/m0/s1. The van der Waals surface area contributed by atoms with Gasteiger partial charge in [0, 0.05) is 31.4 Å². The summed E-state index contributed by atoms with van der Waals surface area (Å²) in [4.78, 5) is 27.7. The summed E-state index contributed by atoms with van der Waals surface area (Å²) < 4.78 is 21.4. The zero-order valence-electron chi connectivity index (χ0n) is 19.5. The van der Waals surface area contributed by atoms with E-state index in [0.29, 0.717) is 47.0 Å². The number of likely N-dealkylation sites (tertiary alicyclic amines) is 1. The van der Waals surface area contributed by atoms with E-state index < -0.39 is 17.7 Å². The largest absolute Gasteiger partial charge is 0.507 e. The molecule has 2 aromatic rings. The number of aryl methyl sites for hydroxylation is 1. The lowest BCUT2D eigenvalue weighted by molar-refractivity contribution is -0.140. The molecule has 2 aromatic carbocycles. The van der Waals surface area contributed by atoms with Crippen LogP contribution in [-0.2, 0) is 14.3 Å². The van der Waals surface area contributed by atoms with Gasteiger partial charge in [-0.25, -0.2) is 0 Å². The summed E-state index contributed by atoms with van der Waals surface area (Å²) in [5.74, 6) is -0.226. The molecule has 1 amide bonds. The molecule has 33 heavy (non-hydrogen) atoms. The molecule has 1 aliphatic heterocycles. The zero-order valence-corrected chi connectivity index (χ0v) is 19.5. The van der Waals surface area contributed by atoms with Crippen molar-refractivity contribution in [3.8, 4) is 17.2 Å². The van der Waals surface area contributed by atoms with Gasteiger partial charge < -0.3 is 29.0 Å². The predicted molar refractivity (Wildman–Crippen MR) is 123 cm³/mol. The van der Waals surface area contributed by atoms with Gasteiger partial charge >= 0.3 is 0 Å². The van der Waals surface area contributed by atoms with Gasteiger partial charge in [0.25, 0.3) is 11.7 Å². The maximum Gasteiger partial charge on any atom is 0.295 e.